The molecule has 1 atom stereocenters. The highest BCUT2D eigenvalue weighted by Gasteiger charge is 2.33. The van der Waals surface area contributed by atoms with E-state index >= 15 is 0 Å². The molecule has 1 saturated heterocycles. The number of ether oxygens (including phenoxy) is 1. The van der Waals surface area contributed by atoms with Gasteiger partial charge in [0.25, 0.3) is 5.91 Å². The van der Waals surface area contributed by atoms with E-state index in [0.29, 0.717) is 52.7 Å². The molecule has 156 valence electrons. The number of hydrogen-bond acceptors (Lipinski definition) is 6. The van der Waals surface area contributed by atoms with E-state index in [0.717, 1.165) is 12.8 Å². The first-order valence-corrected chi connectivity index (χ1v) is 10.9. The van der Waals surface area contributed by atoms with Crippen LogP contribution < -0.4 is 10.6 Å². The number of carbonyl (C=O) groups excluding carboxylic acids is 2. The zero-order valence-electron chi connectivity index (χ0n) is 15.9. The van der Waals surface area contributed by atoms with Gasteiger partial charge >= 0.3 is 0 Å². The number of aromatic nitrogens is 1. The summed E-state index contributed by atoms with van der Waals surface area (Å²) in [5.74, 6) is -0.410. The zero-order chi connectivity index (χ0) is 20.8. The Bertz CT molecular complexity index is 877. The quantitative estimate of drug-likeness (QED) is 0.616. The van der Waals surface area contributed by atoms with Gasteiger partial charge in [0.1, 0.15) is 11.7 Å². The number of likely N-dealkylation sites (tertiary alicyclic amines) is 1. The Morgan fingerprint density at radius 1 is 1.34 bits per heavy atom. The van der Waals surface area contributed by atoms with Crippen molar-refractivity contribution >= 4 is 57.2 Å². The fraction of sp³-hybridized carbons (Fsp3) is 0.421. The lowest BCUT2D eigenvalue weighted by molar-refractivity contribution is -0.126. The molecule has 1 aromatic heterocycles. The molecule has 0 bridgehead atoms. The Balaban J connectivity index is 1.70. The maximum absolute atomic E-state index is 13.0. The number of carbonyl (C=O) groups is 2. The number of hydrogen-bond donors (Lipinski definition) is 2. The molecule has 0 saturated carbocycles. The highest BCUT2D eigenvalue weighted by atomic mass is 35.5. The number of thiazole rings is 1. The minimum Gasteiger partial charge on any atom is -0.383 e. The van der Waals surface area contributed by atoms with Crippen LogP contribution in [0.5, 0.6) is 0 Å². The summed E-state index contributed by atoms with van der Waals surface area (Å²) in [5.41, 5.74) is 0.910. The lowest BCUT2D eigenvalue weighted by Gasteiger charge is -2.34. The minimum atomic E-state index is -0.492. The van der Waals surface area contributed by atoms with Crippen LogP contribution in [0.1, 0.15) is 29.8 Å². The van der Waals surface area contributed by atoms with Crippen molar-refractivity contribution < 1.29 is 14.3 Å². The van der Waals surface area contributed by atoms with E-state index in [1.165, 1.54) is 11.3 Å². The molecule has 1 fully saturated rings. The smallest absolute Gasteiger partial charge is 0.274 e. The zero-order valence-corrected chi connectivity index (χ0v) is 18.2. The van der Waals surface area contributed by atoms with E-state index in [1.807, 2.05) is 0 Å². The van der Waals surface area contributed by atoms with Crippen LogP contribution in [0.4, 0.5) is 10.8 Å². The second kappa shape index (κ2) is 10.2. The Labute approximate surface area is 183 Å². The van der Waals surface area contributed by atoms with Gasteiger partial charge in [0, 0.05) is 30.6 Å². The SMILES string of the molecule is COCCNC(=O)C1CCCCN1C(=O)c1csc(Nc2cc(Cl)ccc2Cl)n1. The molecule has 10 heteroatoms. The molecule has 3 rings (SSSR count). The number of benzene rings is 1. The van der Waals surface area contributed by atoms with Gasteiger partial charge in [0.15, 0.2) is 5.13 Å². The second-order valence-electron chi connectivity index (χ2n) is 6.58. The van der Waals surface area contributed by atoms with Gasteiger partial charge in [0.05, 0.1) is 17.3 Å². The number of nitrogens with one attached hydrogen (secondary N) is 2. The van der Waals surface area contributed by atoms with E-state index in [-0.39, 0.29) is 11.8 Å². The standard InChI is InChI=1S/C19H22Cl2N4O3S/c1-28-9-7-22-17(26)16-4-2-3-8-25(16)18(27)15-11-29-19(24-15)23-14-10-12(20)5-6-13(14)21/h5-6,10-11,16H,2-4,7-9H2,1H3,(H,22,26)(H,23,24). The van der Waals surface area contributed by atoms with Crippen LogP contribution in [0, 0.1) is 0 Å². The van der Waals surface area contributed by atoms with E-state index < -0.39 is 6.04 Å². The summed E-state index contributed by atoms with van der Waals surface area (Å²) in [6.45, 7) is 1.38. The lowest BCUT2D eigenvalue weighted by Crippen LogP contribution is -2.52. The molecule has 1 aliphatic rings. The predicted octanol–water partition coefficient (Wildman–Crippen LogP) is 3.95. The summed E-state index contributed by atoms with van der Waals surface area (Å²) >= 11 is 13.5. The van der Waals surface area contributed by atoms with Gasteiger partial charge in [0.2, 0.25) is 5.91 Å². The molecular weight excluding hydrogens is 435 g/mol. The maximum atomic E-state index is 13.0. The molecule has 29 heavy (non-hydrogen) atoms. The molecule has 2 amide bonds. The van der Waals surface area contributed by atoms with Gasteiger partial charge in [-0.05, 0) is 37.5 Å². The van der Waals surface area contributed by atoms with Crippen LogP contribution in [0.2, 0.25) is 10.0 Å². The van der Waals surface area contributed by atoms with E-state index in [2.05, 4.69) is 15.6 Å². The Kier molecular flexibility index (Phi) is 7.71. The minimum absolute atomic E-state index is 0.158. The highest BCUT2D eigenvalue weighted by molar-refractivity contribution is 7.14. The Morgan fingerprint density at radius 2 is 2.17 bits per heavy atom. The molecule has 1 aromatic carbocycles. The summed E-state index contributed by atoms with van der Waals surface area (Å²) in [7, 11) is 1.58. The Morgan fingerprint density at radius 3 is 2.97 bits per heavy atom. The molecule has 2 N–H and O–H groups in total. The fourth-order valence-corrected chi connectivity index (χ4v) is 4.16. The Hall–Kier alpha value is -1.87. The average molecular weight is 457 g/mol. The first-order valence-electron chi connectivity index (χ1n) is 9.25. The van der Waals surface area contributed by atoms with Crippen molar-refractivity contribution in [1.29, 1.82) is 0 Å². The summed E-state index contributed by atoms with van der Waals surface area (Å²) in [4.78, 5) is 31.5. The van der Waals surface area contributed by atoms with Crippen molar-refractivity contribution in [3.05, 3.63) is 39.3 Å². The average Bonchev–Trinajstić information content (AvgIpc) is 3.19. The number of halogens is 2. The molecule has 7 nitrogen and oxygen atoms in total. The summed E-state index contributed by atoms with van der Waals surface area (Å²) in [6.07, 6.45) is 2.40. The van der Waals surface area contributed by atoms with Crippen LogP contribution in [0.15, 0.2) is 23.6 Å². The topological polar surface area (TPSA) is 83.6 Å². The number of anilines is 2. The number of rotatable bonds is 7. The van der Waals surface area contributed by atoms with Crippen LogP contribution in [-0.4, -0.2) is 54.5 Å². The largest absolute Gasteiger partial charge is 0.383 e. The van der Waals surface area contributed by atoms with Gasteiger partial charge in [-0.1, -0.05) is 23.2 Å². The number of piperidine rings is 1. The van der Waals surface area contributed by atoms with Gasteiger partial charge < -0.3 is 20.3 Å². The first kappa shape index (κ1) is 21.8. The van der Waals surface area contributed by atoms with Crippen molar-refractivity contribution in [3.8, 4) is 0 Å². The molecule has 0 radical (unpaired) electrons. The van der Waals surface area contributed by atoms with Gasteiger partial charge in [-0.15, -0.1) is 11.3 Å². The van der Waals surface area contributed by atoms with Crippen molar-refractivity contribution in [3.63, 3.8) is 0 Å². The molecular formula is C19H22Cl2N4O3S. The van der Waals surface area contributed by atoms with Crippen LogP contribution in [0.25, 0.3) is 0 Å². The number of amides is 2. The first-order chi connectivity index (χ1) is 14.0. The third-order valence-electron chi connectivity index (χ3n) is 4.57. The van der Waals surface area contributed by atoms with E-state index in [4.69, 9.17) is 27.9 Å². The van der Waals surface area contributed by atoms with Crippen LogP contribution in [-0.2, 0) is 9.53 Å². The van der Waals surface area contributed by atoms with Gasteiger partial charge in [-0.25, -0.2) is 4.98 Å². The van der Waals surface area contributed by atoms with Gasteiger partial charge in [-0.2, -0.15) is 0 Å². The van der Waals surface area contributed by atoms with E-state index in [9.17, 15) is 9.59 Å². The molecule has 1 unspecified atom stereocenters. The summed E-state index contributed by atoms with van der Waals surface area (Å²) in [5, 5.41) is 9.16. The van der Waals surface area contributed by atoms with Gasteiger partial charge in [-0.3, -0.25) is 9.59 Å². The van der Waals surface area contributed by atoms with Crippen LogP contribution >= 0.6 is 34.5 Å². The third kappa shape index (κ3) is 5.60. The molecule has 1 aliphatic heterocycles. The second-order valence-corrected chi connectivity index (χ2v) is 8.28. The van der Waals surface area contributed by atoms with Crippen molar-refractivity contribution in [2.45, 2.75) is 25.3 Å². The summed E-state index contributed by atoms with van der Waals surface area (Å²) < 4.78 is 4.96. The maximum Gasteiger partial charge on any atom is 0.274 e. The van der Waals surface area contributed by atoms with E-state index in [1.54, 1.807) is 35.6 Å². The van der Waals surface area contributed by atoms with Crippen molar-refractivity contribution in [2.75, 3.05) is 32.1 Å². The number of nitrogens with zero attached hydrogens (tertiary/aromatic N) is 2. The van der Waals surface area contributed by atoms with Crippen LogP contribution in [0.3, 0.4) is 0 Å². The molecule has 0 aliphatic carbocycles. The predicted molar refractivity (Wildman–Crippen MR) is 115 cm³/mol. The normalized spacial score (nSPS) is 16.5. The molecule has 2 aromatic rings. The fourth-order valence-electron chi connectivity index (χ4n) is 3.13. The monoisotopic (exact) mass is 456 g/mol. The van der Waals surface area contributed by atoms with Crippen molar-refractivity contribution in [2.24, 2.45) is 0 Å². The molecule has 0 spiro atoms. The third-order valence-corrected chi connectivity index (χ3v) is 5.89. The summed E-state index contributed by atoms with van der Waals surface area (Å²) in [6, 6.07) is 4.58. The molecule has 2 heterocycles. The lowest BCUT2D eigenvalue weighted by atomic mass is 10.0. The highest BCUT2D eigenvalue weighted by Crippen LogP contribution is 2.30. The van der Waals surface area contributed by atoms with Crippen molar-refractivity contribution in [1.82, 2.24) is 15.2 Å². The number of methoxy groups -OCH3 is 1.